The summed E-state index contributed by atoms with van der Waals surface area (Å²) >= 11 is 0. The number of benzene rings is 1. The van der Waals surface area contributed by atoms with Crippen molar-refractivity contribution in [3.8, 4) is 5.75 Å². The van der Waals surface area contributed by atoms with Crippen molar-refractivity contribution in [2.75, 3.05) is 52.9 Å². The van der Waals surface area contributed by atoms with E-state index in [-0.39, 0.29) is 56.1 Å². The van der Waals surface area contributed by atoms with E-state index in [1.165, 1.54) is 22.9 Å². The number of amides is 6. The second-order valence-electron chi connectivity index (χ2n) is 10.4. The lowest BCUT2D eigenvalue weighted by Crippen LogP contribution is -2.47. The molecule has 4 heterocycles. The Bertz CT molecular complexity index is 1330. The topological polar surface area (TPSA) is 146 Å². The first kappa shape index (κ1) is 27.2. The quantitative estimate of drug-likeness (QED) is 0.545. The van der Waals surface area contributed by atoms with Crippen LogP contribution in [0.4, 0.5) is 4.79 Å². The van der Waals surface area contributed by atoms with Gasteiger partial charge in [-0.15, -0.1) is 0 Å². The van der Waals surface area contributed by atoms with Crippen LogP contribution in [0.1, 0.15) is 40.6 Å². The summed E-state index contributed by atoms with van der Waals surface area (Å²) in [4.78, 5) is 69.3. The molecule has 40 heavy (non-hydrogen) atoms. The second kappa shape index (κ2) is 11.4. The second-order valence-corrected chi connectivity index (χ2v) is 10.4. The molecule has 2 bridgehead atoms. The van der Waals surface area contributed by atoms with Crippen LogP contribution in [-0.4, -0.2) is 113 Å². The molecule has 1 N–H and O–H groups in total. The summed E-state index contributed by atoms with van der Waals surface area (Å²) in [6, 6.07) is 8.11. The van der Waals surface area contributed by atoms with Crippen LogP contribution in [0.25, 0.3) is 0 Å². The van der Waals surface area contributed by atoms with Crippen LogP contribution < -0.4 is 10.1 Å². The summed E-state index contributed by atoms with van der Waals surface area (Å²) in [5.41, 5.74) is 1.01. The highest BCUT2D eigenvalue weighted by Gasteiger charge is 2.41. The largest absolute Gasteiger partial charge is 0.494 e. The van der Waals surface area contributed by atoms with Gasteiger partial charge in [0.25, 0.3) is 11.8 Å². The van der Waals surface area contributed by atoms with Gasteiger partial charge in [0.2, 0.25) is 11.8 Å². The van der Waals surface area contributed by atoms with E-state index in [0.717, 1.165) is 10.5 Å². The minimum absolute atomic E-state index is 0.0661. The van der Waals surface area contributed by atoms with Gasteiger partial charge in [0.15, 0.2) is 5.69 Å². The number of urea groups is 1. The number of imide groups is 1. The highest BCUT2D eigenvalue weighted by atomic mass is 16.5. The van der Waals surface area contributed by atoms with Gasteiger partial charge in [-0.2, -0.15) is 0 Å². The maximum atomic E-state index is 13.3. The third kappa shape index (κ3) is 5.77. The Balaban J connectivity index is 1.36. The zero-order chi connectivity index (χ0) is 28.4. The van der Waals surface area contributed by atoms with Crippen molar-refractivity contribution in [1.82, 2.24) is 30.1 Å². The Morgan fingerprint density at radius 3 is 2.62 bits per heavy atom. The molecule has 3 aliphatic heterocycles. The molecular weight excluding hydrogens is 520 g/mol. The molecule has 13 heteroatoms. The van der Waals surface area contributed by atoms with Crippen LogP contribution in [0.5, 0.6) is 5.75 Å². The number of ether oxygens (including phenoxy) is 1. The number of nitrogens with zero attached hydrogens (tertiary/aromatic N) is 5. The normalized spacial score (nSPS) is 22.1. The van der Waals surface area contributed by atoms with E-state index in [9.17, 15) is 24.0 Å². The van der Waals surface area contributed by atoms with E-state index in [1.54, 1.807) is 11.8 Å². The van der Waals surface area contributed by atoms with Gasteiger partial charge in [0.05, 0.1) is 19.2 Å². The first-order valence-corrected chi connectivity index (χ1v) is 13.3. The van der Waals surface area contributed by atoms with E-state index in [4.69, 9.17) is 9.26 Å². The Kier molecular flexibility index (Phi) is 7.71. The number of hydrogen-bond donors (Lipinski definition) is 1. The molecule has 6 amide bonds. The van der Waals surface area contributed by atoms with Crippen molar-refractivity contribution in [3.63, 3.8) is 0 Å². The number of fused-ring (bicyclic) bond motifs is 4. The van der Waals surface area contributed by atoms with Crippen molar-refractivity contribution in [2.45, 2.75) is 31.7 Å². The van der Waals surface area contributed by atoms with E-state index in [2.05, 4.69) is 10.5 Å². The monoisotopic (exact) mass is 552 g/mol. The van der Waals surface area contributed by atoms with Crippen molar-refractivity contribution in [2.24, 2.45) is 0 Å². The molecule has 0 radical (unpaired) electrons. The lowest BCUT2D eigenvalue weighted by atomic mass is 9.94. The smallest absolute Gasteiger partial charge is 0.327 e. The van der Waals surface area contributed by atoms with Crippen LogP contribution in [-0.2, 0) is 14.4 Å². The van der Waals surface area contributed by atoms with Gasteiger partial charge in [0, 0.05) is 38.7 Å². The number of likely N-dealkylation sites (N-methyl/N-ethyl adjacent to an activating group) is 1. The van der Waals surface area contributed by atoms with Gasteiger partial charge in [-0.1, -0.05) is 17.3 Å². The van der Waals surface area contributed by atoms with E-state index >= 15 is 0 Å². The average Bonchev–Trinajstić information content (AvgIpc) is 3.61. The minimum Gasteiger partial charge on any atom is -0.494 e. The third-order valence-electron chi connectivity index (χ3n) is 7.39. The fraction of sp³-hybridized carbons (Fsp3) is 0.481. The van der Waals surface area contributed by atoms with Gasteiger partial charge in [-0.25, -0.2) is 4.79 Å². The summed E-state index contributed by atoms with van der Waals surface area (Å²) in [6.45, 7) is 2.29. The molecule has 1 aromatic heterocycles. The molecule has 0 saturated carbocycles. The zero-order valence-corrected chi connectivity index (χ0v) is 22.5. The van der Waals surface area contributed by atoms with Crippen LogP contribution in [0.15, 0.2) is 34.9 Å². The molecule has 0 spiro atoms. The summed E-state index contributed by atoms with van der Waals surface area (Å²) in [7, 11) is 1.51. The molecule has 3 aliphatic rings. The Labute approximate surface area is 231 Å². The third-order valence-corrected chi connectivity index (χ3v) is 7.39. The van der Waals surface area contributed by atoms with Crippen LogP contribution in [0.3, 0.4) is 0 Å². The Morgan fingerprint density at radius 1 is 1.07 bits per heavy atom. The molecule has 0 aliphatic carbocycles. The molecule has 2 saturated heterocycles. The number of nitrogens with one attached hydrogen (secondary N) is 1. The molecule has 0 unspecified atom stereocenters. The SMILES string of the molecule is Cc1cc(C(=O)N2CCCCOc3cccc(c3)[C@H]3CN(C(=O)CN4C(=O)CN(C)C4=O)C[C@@H]3NC(=O)C2)no1. The minimum atomic E-state index is -0.513. The van der Waals surface area contributed by atoms with Gasteiger partial charge in [0.1, 0.15) is 24.6 Å². The predicted octanol–water partition coefficient (Wildman–Crippen LogP) is 0.603. The van der Waals surface area contributed by atoms with Gasteiger partial charge >= 0.3 is 6.03 Å². The fourth-order valence-electron chi connectivity index (χ4n) is 5.29. The maximum Gasteiger partial charge on any atom is 0.327 e. The summed E-state index contributed by atoms with van der Waals surface area (Å²) in [6.07, 6.45) is 1.29. The van der Waals surface area contributed by atoms with Crippen molar-refractivity contribution in [1.29, 1.82) is 0 Å². The molecule has 2 fully saturated rings. The molecule has 13 nitrogen and oxygen atoms in total. The van der Waals surface area contributed by atoms with Gasteiger partial charge in [-0.05, 0) is 37.5 Å². The molecule has 2 aromatic rings. The number of carbonyl (C=O) groups excluding carboxylic acids is 5. The molecule has 1 aromatic carbocycles. The standard InChI is InChI=1S/C27H32N6O7/c1-17-10-21(29-40-17)26(37)31-8-3-4-9-39-19-7-5-6-18(11-19)20-12-32(13-22(20)28-23(34)14-31)24(35)16-33-25(36)15-30(2)27(33)38/h5-7,10-11,20,22H,3-4,8-9,12-16H2,1-2H3,(H,28,34)/t20-,22+/m1/s1. The molecule has 5 rings (SSSR count). The number of rotatable bonds is 3. The van der Waals surface area contributed by atoms with Crippen LogP contribution in [0, 0.1) is 6.92 Å². The first-order chi connectivity index (χ1) is 19.2. The highest BCUT2D eigenvalue weighted by Crippen LogP contribution is 2.30. The lowest BCUT2D eigenvalue weighted by molar-refractivity contribution is -0.135. The van der Waals surface area contributed by atoms with Crippen LogP contribution >= 0.6 is 0 Å². The van der Waals surface area contributed by atoms with Crippen LogP contribution in [0.2, 0.25) is 0 Å². The number of aromatic nitrogens is 1. The summed E-state index contributed by atoms with van der Waals surface area (Å²) in [5.74, 6) is -0.692. The van der Waals surface area contributed by atoms with E-state index in [0.29, 0.717) is 37.5 Å². The highest BCUT2D eigenvalue weighted by molar-refractivity contribution is 6.04. The zero-order valence-electron chi connectivity index (χ0n) is 22.5. The van der Waals surface area contributed by atoms with Crippen molar-refractivity contribution < 1.29 is 33.2 Å². The fourth-order valence-corrected chi connectivity index (χ4v) is 5.29. The van der Waals surface area contributed by atoms with E-state index in [1.807, 2.05) is 24.3 Å². The maximum absolute atomic E-state index is 13.3. The van der Waals surface area contributed by atoms with E-state index < -0.39 is 23.9 Å². The predicted molar refractivity (Wildman–Crippen MR) is 139 cm³/mol. The first-order valence-electron chi connectivity index (χ1n) is 13.3. The summed E-state index contributed by atoms with van der Waals surface area (Å²) in [5, 5.41) is 6.83. The molecule has 2 atom stereocenters. The van der Waals surface area contributed by atoms with Crippen molar-refractivity contribution >= 4 is 29.7 Å². The summed E-state index contributed by atoms with van der Waals surface area (Å²) < 4.78 is 11.0. The van der Waals surface area contributed by atoms with Gasteiger partial charge in [-0.3, -0.25) is 24.1 Å². The Hall–Kier alpha value is -4.42. The number of hydrogen-bond acceptors (Lipinski definition) is 8. The van der Waals surface area contributed by atoms with Gasteiger partial charge < -0.3 is 29.3 Å². The molecular formula is C27H32N6O7. The molecule has 212 valence electrons. The van der Waals surface area contributed by atoms with Crippen molar-refractivity contribution in [3.05, 3.63) is 47.3 Å². The average molecular weight is 553 g/mol. The lowest BCUT2D eigenvalue weighted by Gasteiger charge is -2.25. The number of aryl methyl sites for hydroxylation is 1. The number of carbonyl (C=O) groups is 5. The number of likely N-dealkylation sites (tertiary alicyclic amines) is 1. The Morgan fingerprint density at radius 2 is 1.90 bits per heavy atom.